The Morgan fingerprint density at radius 1 is 1.33 bits per heavy atom. The van der Waals surface area contributed by atoms with Crippen LogP contribution in [0.1, 0.15) is 15.9 Å². The lowest BCUT2D eigenvalue weighted by molar-refractivity contribution is -0.192. The van der Waals surface area contributed by atoms with E-state index in [4.69, 9.17) is 37.4 Å². The molecule has 0 fully saturated rings. The van der Waals surface area contributed by atoms with Crippen molar-refractivity contribution in [3.8, 4) is 5.75 Å². The van der Waals surface area contributed by atoms with Crippen LogP contribution in [0.2, 0.25) is 5.02 Å². The van der Waals surface area contributed by atoms with Crippen LogP contribution in [0.3, 0.4) is 0 Å². The van der Waals surface area contributed by atoms with Crippen molar-refractivity contribution in [2.24, 2.45) is 5.73 Å². The van der Waals surface area contributed by atoms with Crippen molar-refractivity contribution in [1.29, 1.82) is 5.41 Å². The van der Waals surface area contributed by atoms with Crippen LogP contribution in [0, 0.1) is 5.41 Å². The number of nitrogens with two attached hydrogens (primary N) is 1. The highest BCUT2D eigenvalue weighted by atomic mass is 35.5. The minimum absolute atomic E-state index is 0.0321. The molecule has 4 N–H and O–H groups in total. The summed E-state index contributed by atoms with van der Waals surface area (Å²) in [4.78, 5) is 20.2. The van der Waals surface area contributed by atoms with Gasteiger partial charge < -0.3 is 20.1 Å². The van der Waals surface area contributed by atoms with Crippen LogP contribution in [0.4, 0.5) is 13.2 Å². The number of hydrogen-bond donors (Lipinski definition) is 3. The van der Waals surface area contributed by atoms with Crippen LogP contribution in [0.15, 0.2) is 36.5 Å². The van der Waals surface area contributed by atoms with Gasteiger partial charge in [0, 0.05) is 12.7 Å². The lowest BCUT2D eigenvalue weighted by Crippen LogP contribution is -2.29. The molecular formula is C16H15ClF3N3O4. The summed E-state index contributed by atoms with van der Waals surface area (Å²) in [5.74, 6) is -2.70. The number of nitrogens with zero attached hydrogens (tertiary/aromatic N) is 1. The van der Waals surface area contributed by atoms with Crippen molar-refractivity contribution < 1.29 is 32.6 Å². The molecule has 11 heteroatoms. The van der Waals surface area contributed by atoms with E-state index in [0.717, 1.165) is 11.3 Å². The molecule has 1 amide bonds. The number of nitrogens with one attached hydrogen (secondary N) is 1. The van der Waals surface area contributed by atoms with Crippen molar-refractivity contribution in [3.63, 3.8) is 0 Å². The van der Waals surface area contributed by atoms with E-state index in [1.54, 1.807) is 17.9 Å². The van der Waals surface area contributed by atoms with Gasteiger partial charge in [-0.1, -0.05) is 23.7 Å². The van der Waals surface area contributed by atoms with E-state index < -0.39 is 18.1 Å². The number of carbonyl (C=O) groups is 2. The van der Waals surface area contributed by atoms with Crippen LogP contribution in [0.25, 0.3) is 0 Å². The number of halogens is 4. The minimum Gasteiger partial charge on any atom is -0.497 e. The van der Waals surface area contributed by atoms with Gasteiger partial charge in [0.1, 0.15) is 11.2 Å². The fourth-order valence-corrected chi connectivity index (χ4v) is 2.12. The first-order chi connectivity index (χ1) is 12.5. The zero-order valence-electron chi connectivity index (χ0n) is 13.9. The number of primary amides is 1. The molecule has 7 nitrogen and oxygen atoms in total. The van der Waals surface area contributed by atoms with Gasteiger partial charge in [0.2, 0.25) is 0 Å². The first-order valence-electron chi connectivity index (χ1n) is 7.13. The van der Waals surface area contributed by atoms with E-state index >= 15 is 0 Å². The standard InChI is InChI=1S/C14H14ClN3O2.C2HF3O2/c1-20-11-4-2-3-9(5-11)7-18-8-10(15)6-12(13(18)16)14(17)19;3-2(4,5)1(6)7/h2-6,8,16H,7H2,1H3,(H2,17,19);(H,6,7). The number of carbonyl (C=O) groups excluding carboxylic acids is 1. The number of benzene rings is 1. The van der Waals surface area contributed by atoms with Crippen molar-refractivity contribution in [2.75, 3.05) is 7.11 Å². The molecule has 1 aromatic heterocycles. The van der Waals surface area contributed by atoms with E-state index in [0.29, 0.717) is 11.6 Å². The summed E-state index contributed by atoms with van der Waals surface area (Å²) in [5.41, 5.74) is 6.30. The Labute approximate surface area is 156 Å². The third-order valence-corrected chi connectivity index (χ3v) is 3.31. The number of pyridine rings is 1. The lowest BCUT2D eigenvalue weighted by Gasteiger charge is -2.11. The Bertz CT molecular complexity index is 897. The van der Waals surface area contributed by atoms with Gasteiger partial charge in [0.15, 0.2) is 0 Å². The maximum absolute atomic E-state index is 11.3. The quantitative estimate of drug-likeness (QED) is 0.723. The largest absolute Gasteiger partial charge is 0.497 e. The van der Waals surface area contributed by atoms with Gasteiger partial charge in [-0.3, -0.25) is 10.2 Å². The van der Waals surface area contributed by atoms with Crippen molar-refractivity contribution in [3.05, 3.63) is 58.2 Å². The Kier molecular flexibility index (Phi) is 7.41. The highest BCUT2D eigenvalue weighted by molar-refractivity contribution is 6.30. The number of aromatic nitrogens is 1. The predicted molar refractivity (Wildman–Crippen MR) is 89.6 cm³/mol. The third kappa shape index (κ3) is 6.66. The minimum atomic E-state index is -5.08. The first-order valence-corrected chi connectivity index (χ1v) is 7.51. The fraction of sp³-hybridized carbons (Fsp3) is 0.188. The Morgan fingerprint density at radius 2 is 1.93 bits per heavy atom. The number of carboxylic acids is 1. The molecule has 0 aliphatic heterocycles. The van der Waals surface area contributed by atoms with Crippen LogP contribution in [-0.4, -0.2) is 34.8 Å². The van der Waals surface area contributed by atoms with Crippen molar-refractivity contribution >= 4 is 23.5 Å². The highest BCUT2D eigenvalue weighted by Crippen LogP contribution is 2.15. The molecule has 0 unspecified atom stereocenters. The molecule has 2 rings (SSSR count). The molecule has 0 saturated heterocycles. The molecule has 0 bridgehead atoms. The Hall–Kier alpha value is -3.01. The summed E-state index contributed by atoms with van der Waals surface area (Å²) in [5, 5.41) is 15.5. The molecule has 0 saturated carbocycles. The molecule has 2 aromatic rings. The molecule has 0 aliphatic rings. The second kappa shape index (κ2) is 9.08. The average Bonchev–Trinajstić information content (AvgIpc) is 2.57. The van der Waals surface area contributed by atoms with Crippen LogP contribution < -0.4 is 16.0 Å². The number of alkyl halides is 3. The average molecular weight is 406 g/mol. The summed E-state index contributed by atoms with van der Waals surface area (Å²) in [6.07, 6.45) is -3.49. The Morgan fingerprint density at radius 3 is 2.41 bits per heavy atom. The number of ether oxygens (including phenoxy) is 1. The van der Waals surface area contributed by atoms with Gasteiger partial charge >= 0.3 is 12.1 Å². The van der Waals surface area contributed by atoms with E-state index in [1.165, 1.54) is 6.07 Å². The maximum atomic E-state index is 11.3. The summed E-state index contributed by atoms with van der Waals surface area (Å²) in [6.45, 7) is 0.400. The van der Waals surface area contributed by atoms with Crippen LogP contribution in [0.5, 0.6) is 5.75 Å². The maximum Gasteiger partial charge on any atom is 0.490 e. The zero-order chi connectivity index (χ0) is 20.8. The van der Waals surface area contributed by atoms with Crippen molar-refractivity contribution in [2.45, 2.75) is 12.7 Å². The number of methoxy groups -OCH3 is 1. The summed E-state index contributed by atoms with van der Waals surface area (Å²) < 4.78 is 38.5. The lowest BCUT2D eigenvalue weighted by atomic mass is 10.2. The number of rotatable bonds is 4. The van der Waals surface area contributed by atoms with Gasteiger partial charge in [0.05, 0.1) is 17.7 Å². The summed E-state index contributed by atoms with van der Waals surface area (Å²) in [6, 6.07) is 8.85. The second-order valence-corrected chi connectivity index (χ2v) is 5.50. The molecule has 0 spiro atoms. The molecule has 27 heavy (non-hydrogen) atoms. The van der Waals surface area contributed by atoms with Gasteiger partial charge in [-0.2, -0.15) is 13.2 Å². The highest BCUT2D eigenvalue weighted by Gasteiger charge is 2.38. The topological polar surface area (TPSA) is 118 Å². The molecular weight excluding hydrogens is 391 g/mol. The molecule has 0 radical (unpaired) electrons. The number of carboxylic acid groups (broad SMARTS) is 1. The number of hydrogen-bond acceptors (Lipinski definition) is 4. The van der Waals surface area contributed by atoms with E-state index in [1.807, 2.05) is 24.3 Å². The normalized spacial score (nSPS) is 10.6. The summed E-state index contributed by atoms with van der Waals surface area (Å²) >= 11 is 5.95. The fourth-order valence-electron chi connectivity index (χ4n) is 1.89. The number of amides is 1. The summed E-state index contributed by atoms with van der Waals surface area (Å²) in [7, 11) is 1.59. The van der Waals surface area contributed by atoms with Gasteiger partial charge in [-0.25, -0.2) is 4.79 Å². The van der Waals surface area contributed by atoms with E-state index in [2.05, 4.69) is 0 Å². The predicted octanol–water partition coefficient (Wildman–Crippen LogP) is 2.41. The second-order valence-electron chi connectivity index (χ2n) is 5.07. The smallest absolute Gasteiger partial charge is 0.490 e. The molecule has 146 valence electrons. The van der Waals surface area contributed by atoms with E-state index in [9.17, 15) is 18.0 Å². The first kappa shape index (κ1) is 22.0. The molecule has 1 heterocycles. The van der Waals surface area contributed by atoms with Crippen molar-refractivity contribution in [1.82, 2.24) is 4.57 Å². The SMILES string of the molecule is COc1cccc(Cn2cc(Cl)cc(C(N)=O)c2=N)c1.O=C(O)C(F)(F)F. The van der Waals surface area contributed by atoms with Gasteiger partial charge in [-0.15, -0.1) is 0 Å². The molecule has 0 aliphatic carbocycles. The Balaban J connectivity index is 0.000000445. The van der Waals surface area contributed by atoms with E-state index in [-0.39, 0.29) is 11.1 Å². The van der Waals surface area contributed by atoms with Gasteiger partial charge in [0.25, 0.3) is 5.91 Å². The number of aliphatic carboxylic acids is 1. The van der Waals surface area contributed by atoms with Crippen LogP contribution >= 0.6 is 11.6 Å². The third-order valence-electron chi connectivity index (χ3n) is 3.10. The monoisotopic (exact) mass is 405 g/mol. The van der Waals surface area contributed by atoms with Gasteiger partial charge in [-0.05, 0) is 23.8 Å². The zero-order valence-corrected chi connectivity index (χ0v) is 14.6. The molecule has 0 atom stereocenters. The molecule has 1 aromatic carbocycles. The van der Waals surface area contributed by atoms with Crippen LogP contribution in [-0.2, 0) is 11.3 Å².